The van der Waals surface area contributed by atoms with Gasteiger partial charge in [0.2, 0.25) is 0 Å². The second-order valence-corrected chi connectivity index (χ2v) is 6.69. The zero-order valence-corrected chi connectivity index (χ0v) is 13.9. The van der Waals surface area contributed by atoms with E-state index in [1.165, 1.54) is 0 Å². The number of rotatable bonds is 0. The van der Waals surface area contributed by atoms with Crippen molar-refractivity contribution in [1.29, 1.82) is 0 Å². The highest BCUT2D eigenvalue weighted by Crippen LogP contribution is 2.52. The Morgan fingerprint density at radius 3 is 1.27 bits per heavy atom. The molecule has 12 N–H and O–H groups in total. The molecular formula is C20H18N6. The van der Waals surface area contributed by atoms with Gasteiger partial charge in [-0.25, -0.2) is 0 Å². The maximum atomic E-state index is 6.42. The van der Waals surface area contributed by atoms with Crippen molar-refractivity contribution in [2.75, 3.05) is 34.4 Å². The van der Waals surface area contributed by atoms with Gasteiger partial charge in [-0.15, -0.1) is 0 Å². The zero-order chi connectivity index (χ0) is 18.3. The molecule has 128 valence electrons. The second-order valence-electron chi connectivity index (χ2n) is 6.69. The maximum absolute atomic E-state index is 6.42. The van der Waals surface area contributed by atoms with E-state index in [-0.39, 0.29) is 0 Å². The van der Waals surface area contributed by atoms with Crippen molar-refractivity contribution < 1.29 is 0 Å². The Labute approximate surface area is 148 Å². The summed E-state index contributed by atoms with van der Waals surface area (Å²) in [7, 11) is 0. The molecule has 0 saturated carbocycles. The van der Waals surface area contributed by atoms with E-state index in [0.717, 1.165) is 37.7 Å². The Kier molecular flexibility index (Phi) is 2.48. The molecule has 0 aliphatic carbocycles. The summed E-state index contributed by atoms with van der Waals surface area (Å²) in [6.45, 7) is 0. The summed E-state index contributed by atoms with van der Waals surface area (Å²) < 4.78 is 0. The van der Waals surface area contributed by atoms with Gasteiger partial charge in [0.1, 0.15) is 0 Å². The molecule has 6 nitrogen and oxygen atoms in total. The van der Waals surface area contributed by atoms with Crippen LogP contribution in [-0.4, -0.2) is 0 Å². The summed E-state index contributed by atoms with van der Waals surface area (Å²) in [6, 6.07) is 12.1. The molecule has 0 bridgehead atoms. The lowest BCUT2D eigenvalue weighted by atomic mass is 9.86. The molecule has 0 saturated heterocycles. The number of benzene rings is 5. The van der Waals surface area contributed by atoms with Gasteiger partial charge in [0.15, 0.2) is 0 Å². The molecule has 26 heavy (non-hydrogen) atoms. The number of anilines is 6. The first-order chi connectivity index (χ1) is 12.4. The van der Waals surface area contributed by atoms with E-state index in [1.807, 2.05) is 24.3 Å². The molecule has 5 rings (SSSR count). The van der Waals surface area contributed by atoms with E-state index >= 15 is 0 Å². The summed E-state index contributed by atoms with van der Waals surface area (Å²) in [5, 5.41) is 7.17. The van der Waals surface area contributed by atoms with Crippen LogP contribution in [0.1, 0.15) is 0 Å². The highest BCUT2D eigenvalue weighted by Gasteiger charge is 2.23. The molecule has 0 fully saturated rings. The van der Waals surface area contributed by atoms with Crippen molar-refractivity contribution in [3.05, 3.63) is 36.4 Å². The van der Waals surface area contributed by atoms with Crippen LogP contribution >= 0.6 is 0 Å². The van der Waals surface area contributed by atoms with E-state index in [1.54, 1.807) is 0 Å². The van der Waals surface area contributed by atoms with Crippen molar-refractivity contribution in [3.63, 3.8) is 0 Å². The van der Waals surface area contributed by atoms with Gasteiger partial charge in [0, 0.05) is 21.5 Å². The molecule has 0 aliphatic heterocycles. The largest absolute Gasteiger partial charge is 0.396 e. The van der Waals surface area contributed by atoms with Crippen LogP contribution in [0.4, 0.5) is 34.1 Å². The molecule has 0 aliphatic rings. The molecular weight excluding hydrogens is 324 g/mol. The predicted octanol–water partition coefficient (Wildman–Crippen LogP) is 3.23. The van der Waals surface area contributed by atoms with Crippen LogP contribution in [0.2, 0.25) is 0 Å². The molecule has 0 atom stereocenters. The minimum atomic E-state index is 0.311. The summed E-state index contributed by atoms with van der Waals surface area (Å²) in [4.78, 5) is 0. The Morgan fingerprint density at radius 2 is 0.808 bits per heavy atom. The van der Waals surface area contributed by atoms with E-state index in [4.69, 9.17) is 34.4 Å². The van der Waals surface area contributed by atoms with Gasteiger partial charge in [0.25, 0.3) is 0 Å². The molecule has 0 amide bonds. The predicted molar refractivity (Wildman–Crippen MR) is 114 cm³/mol. The minimum absolute atomic E-state index is 0.311. The normalized spacial score (nSPS) is 12.0. The Morgan fingerprint density at radius 1 is 0.385 bits per heavy atom. The Bertz CT molecular complexity index is 1290. The molecule has 0 radical (unpaired) electrons. The summed E-state index contributed by atoms with van der Waals surface area (Å²) >= 11 is 0. The van der Waals surface area contributed by atoms with Crippen molar-refractivity contribution in [3.8, 4) is 0 Å². The number of fused-ring (bicyclic) bond motifs is 2. The first-order valence-corrected chi connectivity index (χ1v) is 8.22. The lowest BCUT2D eigenvalue weighted by molar-refractivity contribution is 1.70. The first-order valence-electron chi connectivity index (χ1n) is 8.22. The van der Waals surface area contributed by atoms with Gasteiger partial charge in [-0.2, -0.15) is 0 Å². The summed E-state index contributed by atoms with van der Waals surface area (Å²) in [5.74, 6) is 0. The zero-order valence-electron chi connectivity index (χ0n) is 13.9. The third-order valence-electron chi connectivity index (χ3n) is 5.43. The van der Waals surface area contributed by atoms with E-state index in [0.29, 0.717) is 39.5 Å². The highest BCUT2D eigenvalue weighted by atomic mass is 14.8. The minimum Gasteiger partial charge on any atom is -0.396 e. The van der Waals surface area contributed by atoms with E-state index in [2.05, 4.69) is 12.1 Å². The van der Waals surface area contributed by atoms with Gasteiger partial charge in [-0.3, -0.25) is 0 Å². The van der Waals surface area contributed by atoms with Crippen molar-refractivity contribution in [2.45, 2.75) is 0 Å². The SMILES string of the molecule is Nc1c(N)c2c(N)c(N)c(N)c3c4cccc5cccc(c(c1N)c23)c54. The van der Waals surface area contributed by atoms with Crippen LogP contribution in [0.25, 0.3) is 43.1 Å². The summed E-state index contributed by atoms with van der Waals surface area (Å²) in [6.07, 6.45) is 0. The van der Waals surface area contributed by atoms with Crippen LogP contribution in [0.3, 0.4) is 0 Å². The molecule has 6 heteroatoms. The van der Waals surface area contributed by atoms with Gasteiger partial charge in [-0.1, -0.05) is 36.4 Å². The van der Waals surface area contributed by atoms with Crippen molar-refractivity contribution >= 4 is 77.2 Å². The Balaban J connectivity index is 2.36. The number of nitrogens with two attached hydrogens (primary N) is 6. The lowest BCUT2D eigenvalue weighted by Crippen LogP contribution is -2.08. The molecule has 0 aromatic heterocycles. The van der Waals surface area contributed by atoms with Gasteiger partial charge >= 0.3 is 0 Å². The summed E-state index contributed by atoms with van der Waals surface area (Å²) in [5.41, 5.74) is 40.0. The third kappa shape index (κ3) is 1.43. The quantitative estimate of drug-likeness (QED) is 0.144. The third-order valence-corrected chi connectivity index (χ3v) is 5.43. The fraction of sp³-hybridized carbons (Fsp3) is 0. The monoisotopic (exact) mass is 342 g/mol. The number of hydrogen-bond donors (Lipinski definition) is 6. The molecule has 0 unspecified atom stereocenters. The van der Waals surface area contributed by atoms with Gasteiger partial charge in [0.05, 0.1) is 34.1 Å². The topological polar surface area (TPSA) is 156 Å². The average molecular weight is 342 g/mol. The van der Waals surface area contributed by atoms with E-state index in [9.17, 15) is 0 Å². The standard InChI is InChI=1S/C20H18N6/c21-15-11-8-5-1-3-7-4-2-6-9(10(7)8)12-13(11)14(17(23)19(15)25)18(24)20(26)16(12)22/h1-6H,21-26H2. The van der Waals surface area contributed by atoms with Crippen molar-refractivity contribution in [2.24, 2.45) is 0 Å². The van der Waals surface area contributed by atoms with Crippen LogP contribution in [0.5, 0.6) is 0 Å². The van der Waals surface area contributed by atoms with Crippen LogP contribution in [0, 0.1) is 0 Å². The lowest BCUT2D eigenvalue weighted by Gasteiger charge is -2.22. The number of nitrogen functional groups attached to an aromatic ring is 6. The molecule has 5 aromatic rings. The fourth-order valence-corrected chi connectivity index (χ4v) is 4.20. The van der Waals surface area contributed by atoms with E-state index < -0.39 is 0 Å². The second kappa shape index (κ2) is 4.43. The smallest absolute Gasteiger partial charge is 0.0795 e. The van der Waals surface area contributed by atoms with Crippen molar-refractivity contribution in [1.82, 2.24) is 0 Å². The molecule has 5 aromatic carbocycles. The van der Waals surface area contributed by atoms with Gasteiger partial charge < -0.3 is 34.4 Å². The van der Waals surface area contributed by atoms with Crippen LogP contribution in [-0.2, 0) is 0 Å². The van der Waals surface area contributed by atoms with Crippen LogP contribution < -0.4 is 34.4 Å². The fourth-order valence-electron chi connectivity index (χ4n) is 4.20. The van der Waals surface area contributed by atoms with Crippen LogP contribution in [0.15, 0.2) is 36.4 Å². The highest BCUT2D eigenvalue weighted by molar-refractivity contribution is 6.42. The Hall–Kier alpha value is -3.80. The number of hydrogen-bond acceptors (Lipinski definition) is 6. The molecule has 0 spiro atoms. The molecule has 0 heterocycles. The van der Waals surface area contributed by atoms with Gasteiger partial charge in [-0.05, 0) is 21.5 Å². The maximum Gasteiger partial charge on any atom is 0.0795 e. The average Bonchev–Trinajstić information content (AvgIpc) is 2.64. The first kappa shape index (κ1) is 14.5.